The van der Waals surface area contributed by atoms with E-state index in [0.717, 1.165) is 44.9 Å². The molecule has 0 rings (SSSR count). The van der Waals surface area contributed by atoms with Crippen molar-refractivity contribution in [1.82, 2.24) is 0 Å². The molecule has 0 spiro atoms. The molecule has 0 aromatic carbocycles. The average Bonchev–Trinajstić information content (AvgIpc) is 2.60. The molecule has 0 saturated carbocycles. The number of carbonyl (C=O) groups excluding carboxylic acids is 1. The highest BCUT2D eigenvalue weighted by atomic mass is 16.5. The first-order chi connectivity index (χ1) is 12.1. The number of aliphatic carboxylic acids is 1. The number of rotatable bonds is 16. The van der Waals surface area contributed by atoms with E-state index in [4.69, 9.17) is 5.11 Å². The van der Waals surface area contributed by atoms with Gasteiger partial charge in [-0.3, -0.25) is 9.59 Å². The van der Waals surface area contributed by atoms with Gasteiger partial charge in [-0.15, -0.1) is 13.2 Å². The Bertz CT molecular complexity index is 337. The van der Waals surface area contributed by atoms with E-state index >= 15 is 0 Å². The summed E-state index contributed by atoms with van der Waals surface area (Å²) >= 11 is 0. The van der Waals surface area contributed by atoms with Crippen LogP contribution in [0.2, 0.25) is 0 Å². The smallest absolute Gasteiger partial charge is 0.305 e. The molecule has 0 radical (unpaired) electrons. The van der Waals surface area contributed by atoms with E-state index in [1.807, 2.05) is 12.2 Å². The van der Waals surface area contributed by atoms with E-state index in [1.165, 1.54) is 39.2 Å². The number of esters is 1. The zero-order valence-electron chi connectivity index (χ0n) is 16.1. The molecule has 0 unspecified atom stereocenters. The molecule has 0 bridgehead atoms. The second kappa shape index (κ2) is 22.4. The van der Waals surface area contributed by atoms with Crippen LogP contribution >= 0.6 is 0 Å². The summed E-state index contributed by atoms with van der Waals surface area (Å²) in [7, 11) is 1.44. The third-order valence-electron chi connectivity index (χ3n) is 3.82. The normalized spacial score (nSPS) is 9.64. The fourth-order valence-corrected chi connectivity index (χ4v) is 2.29. The van der Waals surface area contributed by atoms with Crippen molar-refractivity contribution >= 4 is 11.9 Å². The van der Waals surface area contributed by atoms with Gasteiger partial charge in [0.15, 0.2) is 0 Å². The molecule has 0 aliphatic heterocycles. The summed E-state index contributed by atoms with van der Waals surface area (Å²) in [5.41, 5.74) is 0. The summed E-state index contributed by atoms with van der Waals surface area (Å²) in [5.74, 6) is -0.771. The predicted octanol–water partition coefficient (Wildman–Crippen LogP) is 6.06. The molecule has 0 aliphatic rings. The monoisotopic (exact) mass is 354 g/mol. The van der Waals surface area contributed by atoms with Crippen molar-refractivity contribution in [3.05, 3.63) is 25.3 Å². The van der Waals surface area contributed by atoms with Gasteiger partial charge < -0.3 is 9.84 Å². The van der Waals surface area contributed by atoms with Crippen LogP contribution in [0.4, 0.5) is 0 Å². The molecule has 0 aromatic rings. The Kier molecular flexibility index (Phi) is 23.0. The Labute approximate surface area is 154 Å². The Balaban J connectivity index is 0. The number of carboxylic acids is 1. The van der Waals surface area contributed by atoms with Crippen LogP contribution in [0.15, 0.2) is 25.3 Å². The molecule has 0 fully saturated rings. The van der Waals surface area contributed by atoms with Crippen LogP contribution in [-0.2, 0) is 14.3 Å². The summed E-state index contributed by atoms with van der Waals surface area (Å²) in [6, 6.07) is 0. The second-order valence-corrected chi connectivity index (χ2v) is 6.16. The molecular weight excluding hydrogens is 316 g/mol. The zero-order chi connectivity index (χ0) is 19.2. The van der Waals surface area contributed by atoms with E-state index in [2.05, 4.69) is 17.9 Å². The van der Waals surface area contributed by atoms with Gasteiger partial charge in [0.1, 0.15) is 0 Å². The number of allylic oxidation sites excluding steroid dienone is 2. The Hall–Kier alpha value is -1.58. The topological polar surface area (TPSA) is 63.6 Å². The number of methoxy groups -OCH3 is 1. The Morgan fingerprint density at radius 2 is 1.16 bits per heavy atom. The van der Waals surface area contributed by atoms with Crippen LogP contribution in [0.1, 0.15) is 89.9 Å². The van der Waals surface area contributed by atoms with Gasteiger partial charge in [-0.05, 0) is 38.5 Å². The molecule has 146 valence electrons. The molecular formula is C21H38O4. The van der Waals surface area contributed by atoms with Gasteiger partial charge in [0.25, 0.3) is 0 Å². The average molecular weight is 355 g/mol. The van der Waals surface area contributed by atoms with Crippen LogP contribution in [0.25, 0.3) is 0 Å². The Morgan fingerprint density at radius 3 is 1.56 bits per heavy atom. The van der Waals surface area contributed by atoms with Crippen molar-refractivity contribution in [2.75, 3.05) is 7.11 Å². The minimum absolute atomic E-state index is 0.0916. The zero-order valence-corrected chi connectivity index (χ0v) is 16.1. The van der Waals surface area contributed by atoms with E-state index < -0.39 is 5.97 Å². The van der Waals surface area contributed by atoms with Gasteiger partial charge in [-0.1, -0.05) is 50.7 Å². The molecule has 4 heteroatoms. The van der Waals surface area contributed by atoms with Crippen LogP contribution in [0.3, 0.4) is 0 Å². The SMILES string of the molecule is C=CCCCCCCCC(=O)O.C=CCCCCCCCC(=O)OC. The first-order valence-corrected chi connectivity index (χ1v) is 9.58. The lowest BCUT2D eigenvalue weighted by Gasteiger charge is -1.99. The molecule has 0 aliphatic carbocycles. The lowest BCUT2D eigenvalue weighted by atomic mass is 10.1. The highest BCUT2D eigenvalue weighted by Crippen LogP contribution is 2.08. The highest BCUT2D eigenvalue weighted by Gasteiger charge is 1.98. The number of carbonyl (C=O) groups is 2. The van der Waals surface area contributed by atoms with E-state index in [0.29, 0.717) is 12.8 Å². The minimum atomic E-state index is -0.680. The quantitative estimate of drug-likeness (QED) is 0.208. The summed E-state index contributed by atoms with van der Waals surface area (Å²) in [4.78, 5) is 20.8. The molecule has 0 heterocycles. The second-order valence-electron chi connectivity index (χ2n) is 6.16. The van der Waals surface area contributed by atoms with Gasteiger partial charge >= 0.3 is 11.9 Å². The summed E-state index contributed by atoms with van der Waals surface area (Å²) in [5, 5.41) is 8.34. The van der Waals surface area contributed by atoms with Crippen molar-refractivity contribution in [3.63, 3.8) is 0 Å². The van der Waals surface area contributed by atoms with Gasteiger partial charge in [0.2, 0.25) is 0 Å². The maximum absolute atomic E-state index is 10.7. The number of carboxylic acid groups (broad SMARTS) is 1. The fourth-order valence-electron chi connectivity index (χ4n) is 2.29. The van der Waals surface area contributed by atoms with Crippen LogP contribution in [0, 0.1) is 0 Å². The third kappa shape index (κ3) is 27.6. The first kappa shape index (κ1) is 25.7. The molecule has 0 amide bonds. The fraction of sp³-hybridized carbons (Fsp3) is 0.714. The number of hydrogen-bond donors (Lipinski definition) is 1. The molecule has 25 heavy (non-hydrogen) atoms. The van der Waals surface area contributed by atoms with E-state index in [1.54, 1.807) is 0 Å². The third-order valence-corrected chi connectivity index (χ3v) is 3.82. The van der Waals surface area contributed by atoms with E-state index in [9.17, 15) is 9.59 Å². The van der Waals surface area contributed by atoms with Crippen molar-refractivity contribution in [3.8, 4) is 0 Å². The number of unbranched alkanes of at least 4 members (excludes halogenated alkanes) is 10. The van der Waals surface area contributed by atoms with Crippen molar-refractivity contribution < 1.29 is 19.4 Å². The Morgan fingerprint density at radius 1 is 0.760 bits per heavy atom. The van der Waals surface area contributed by atoms with Gasteiger partial charge in [0.05, 0.1) is 7.11 Å². The standard InChI is InChI=1S/C11H20O2.C10H18O2/c1-3-4-5-6-7-8-9-10-11(12)13-2;1-2-3-4-5-6-7-8-9-10(11)12/h3H,1,4-10H2,2H3;2H,1,3-9H2,(H,11,12). The van der Waals surface area contributed by atoms with Crippen LogP contribution in [0.5, 0.6) is 0 Å². The van der Waals surface area contributed by atoms with Gasteiger partial charge in [0, 0.05) is 12.8 Å². The van der Waals surface area contributed by atoms with Crippen molar-refractivity contribution in [1.29, 1.82) is 0 Å². The van der Waals surface area contributed by atoms with Gasteiger partial charge in [-0.25, -0.2) is 0 Å². The van der Waals surface area contributed by atoms with Crippen LogP contribution in [-0.4, -0.2) is 24.2 Å². The van der Waals surface area contributed by atoms with Gasteiger partial charge in [-0.2, -0.15) is 0 Å². The van der Waals surface area contributed by atoms with Crippen LogP contribution < -0.4 is 0 Å². The summed E-state index contributed by atoms with van der Waals surface area (Å²) in [6.45, 7) is 7.31. The molecule has 4 nitrogen and oxygen atoms in total. The lowest BCUT2D eigenvalue weighted by Crippen LogP contribution is -1.98. The minimum Gasteiger partial charge on any atom is -0.481 e. The number of hydrogen-bond acceptors (Lipinski definition) is 3. The summed E-state index contributed by atoms with van der Waals surface area (Å²) in [6.07, 6.45) is 18.1. The molecule has 0 atom stereocenters. The lowest BCUT2D eigenvalue weighted by molar-refractivity contribution is -0.141. The maximum atomic E-state index is 10.7. The number of ether oxygens (including phenoxy) is 1. The largest absolute Gasteiger partial charge is 0.481 e. The summed E-state index contributed by atoms with van der Waals surface area (Å²) < 4.78 is 4.54. The van der Waals surface area contributed by atoms with Crippen molar-refractivity contribution in [2.45, 2.75) is 89.9 Å². The van der Waals surface area contributed by atoms with E-state index in [-0.39, 0.29) is 5.97 Å². The highest BCUT2D eigenvalue weighted by molar-refractivity contribution is 5.69. The molecule has 0 saturated heterocycles. The van der Waals surface area contributed by atoms with Crippen molar-refractivity contribution in [2.24, 2.45) is 0 Å². The predicted molar refractivity (Wildman–Crippen MR) is 105 cm³/mol. The molecule has 0 aromatic heterocycles. The molecule has 1 N–H and O–H groups in total. The first-order valence-electron chi connectivity index (χ1n) is 9.58. The maximum Gasteiger partial charge on any atom is 0.305 e.